The number of hydrogen-bond donors (Lipinski definition) is 0. The lowest BCUT2D eigenvalue weighted by molar-refractivity contribution is 0.233. The third kappa shape index (κ3) is 3.25. The van der Waals surface area contributed by atoms with Crippen molar-refractivity contribution in [2.24, 2.45) is 0 Å². The highest BCUT2D eigenvalue weighted by Gasteiger charge is 2.29. The molecule has 1 atom stereocenters. The fourth-order valence-corrected chi connectivity index (χ4v) is 3.38. The van der Waals surface area contributed by atoms with Crippen LogP contribution in [-0.2, 0) is 6.54 Å². The van der Waals surface area contributed by atoms with Crippen LogP contribution in [0, 0.1) is 5.82 Å². The van der Waals surface area contributed by atoms with Crippen LogP contribution in [0.3, 0.4) is 0 Å². The van der Waals surface area contributed by atoms with Crippen LogP contribution in [0.4, 0.5) is 4.39 Å². The van der Waals surface area contributed by atoms with Gasteiger partial charge in [0, 0.05) is 28.6 Å². The normalized spacial score (nSPS) is 19.2. The second kappa shape index (κ2) is 6.50. The predicted molar refractivity (Wildman–Crippen MR) is 87.1 cm³/mol. The first kappa shape index (κ1) is 15.7. The van der Waals surface area contributed by atoms with Crippen LogP contribution in [-0.4, -0.2) is 16.6 Å². The summed E-state index contributed by atoms with van der Waals surface area (Å²) in [6.07, 6.45) is 2.14. The minimum atomic E-state index is -0.156. The first-order valence-electron chi connectivity index (χ1n) is 7.69. The summed E-state index contributed by atoms with van der Waals surface area (Å²) in [4.78, 5) is 2.28. The fourth-order valence-electron chi connectivity index (χ4n) is 2.97. The molecule has 0 aliphatic carbocycles. The molecule has 1 unspecified atom stereocenters. The van der Waals surface area contributed by atoms with Crippen molar-refractivity contribution in [2.45, 2.75) is 45.2 Å². The molecule has 1 aliphatic rings. The highest BCUT2D eigenvalue weighted by Crippen LogP contribution is 2.34. The molecule has 1 fully saturated rings. The summed E-state index contributed by atoms with van der Waals surface area (Å²) in [6, 6.07) is 7.36. The van der Waals surface area contributed by atoms with Gasteiger partial charge in [0.2, 0.25) is 0 Å². The molecule has 0 bridgehead atoms. The van der Waals surface area contributed by atoms with Gasteiger partial charge in [-0.2, -0.15) is 0 Å². The number of benzene rings is 1. The number of rotatable bonds is 4. The quantitative estimate of drug-likeness (QED) is 0.759. The molecule has 1 aromatic carbocycles. The molecular weight excluding hydrogens is 347 g/mol. The summed E-state index contributed by atoms with van der Waals surface area (Å²) in [5, 5.41) is 4.23. The van der Waals surface area contributed by atoms with Gasteiger partial charge in [0.15, 0.2) is 0 Å². The van der Waals surface area contributed by atoms with Crippen LogP contribution in [0.25, 0.3) is 0 Å². The molecule has 118 valence electrons. The molecule has 2 aromatic rings. The van der Waals surface area contributed by atoms with E-state index in [1.165, 1.54) is 6.07 Å². The van der Waals surface area contributed by atoms with Gasteiger partial charge in [-0.1, -0.05) is 34.9 Å². The van der Waals surface area contributed by atoms with Gasteiger partial charge >= 0.3 is 0 Å². The first-order valence-corrected chi connectivity index (χ1v) is 8.48. The van der Waals surface area contributed by atoms with Gasteiger partial charge in [-0.15, -0.1) is 0 Å². The van der Waals surface area contributed by atoms with Crippen LogP contribution < -0.4 is 0 Å². The lowest BCUT2D eigenvalue weighted by Gasteiger charge is -2.23. The summed E-state index contributed by atoms with van der Waals surface area (Å²) in [7, 11) is 0. The molecule has 22 heavy (non-hydrogen) atoms. The third-order valence-corrected chi connectivity index (χ3v) is 4.70. The number of halogens is 2. The highest BCUT2D eigenvalue weighted by atomic mass is 79.9. The molecule has 1 aromatic heterocycles. The van der Waals surface area contributed by atoms with Crippen molar-refractivity contribution < 1.29 is 8.91 Å². The van der Waals surface area contributed by atoms with E-state index >= 15 is 0 Å². The Hall–Kier alpha value is -1.20. The second-order valence-corrected chi connectivity index (χ2v) is 7.09. The maximum absolute atomic E-state index is 14.0. The summed E-state index contributed by atoms with van der Waals surface area (Å²) in [6.45, 7) is 5.74. The second-order valence-electron chi connectivity index (χ2n) is 6.17. The Kier molecular flexibility index (Phi) is 4.64. The topological polar surface area (TPSA) is 29.3 Å². The Morgan fingerprint density at radius 1 is 1.41 bits per heavy atom. The number of hydrogen-bond acceptors (Lipinski definition) is 3. The predicted octanol–water partition coefficient (Wildman–Crippen LogP) is 5.04. The largest absolute Gasteiger partial charge is 0.361 e. The molecule has 1 aliphatic heterocycles. The highest BCUT2D eigenvalue weighted by molar-refractivity contribution is 9.10. The van der Waals surface area contributed by atoms with Crippen molar-refractivity contribution in [1.82, 2.24) is 10.1 Å². The van der Waals surface area contributed by atoms with Crippen LogP contribution in [0.2, 0.25) is 0 Å². The van der Waals surface area contributed by atoms with E-state index in [2.05, 4.69) is 39.8 Å². The van der Waals surface area contributed by atoms with Crippen molar-refractivity contribution in [1.29, 1.82) is 0 Å². The maximum Gasteiger partial charge on any atom is 0.139 e. The van der Waals surface area contributed by atoms with Gasteiger partial charge < -0.3 is 4.52 Å². The molecule has 0 spiro atoms. The van der Waals surface area contributed by atoms with Crippen LogP contribution >= 0.6 is 15.9 Å². The Labute approximate surface area is 138 Å². The minimum Gasteiger partial charge on any atom is -0.361 e. The van der Waals surface area contributed by atoms with Crippen LogP contribution in [0.1, 0.15) is 55.7 Å². The smallest absolute Gasteiger partial charge is 0.139 e. The molecule has 2 heterocycles. The summed E-state index contributed by atoms with van der Waals surface area (Å²) in [5.41, 5.74) is 1.69. The van der Waals surface area contributed by atoms with E-state index in [1.54, 1.807) is 6.07 Å². The number of aromatic nitrogens is 1. The number of nitrogens with zero attached hydrogens (tertiary/aromatic N) is 2. The van der Waals surface area contributed by atoms with Gasteiger partial charge in [-0.3, -0.25) is 4.90 Å². The van der Waals surface area contributed by atoms with Gasteiger partial charge in [0.05, 0.1) is 6.04 Å². The number of likely N-dealkylation sites (tertiary alicyclic amines) is 1. The Morgan fingerprint density at radius 3 is 2.95 bits per heavy atom. The monoisotopic (exact) mass is 366 g/mol. The van der Waals surface area contributed by atoms with Crippen molar-refractivity contribution >= 4 is 15.9 Å². The summed E-state index contributed by atoms with van der Waals surface area (Å²) < 4.78 is 20.3. The van der Waals surface area contributed by atoms with Gasteiger partial charge in [0.1, 0.15) is 17.3 Å². The van der Waals surface area contributed by atoms with Crippen molar-refractivity contribution in [3.05, 3.63) is 51.6 Å². The van der Waals surface area contributed by atoms with E-state index in [0.717, 1.165) is 35.3 Å². The summed E-state index contributed by atoms with van der Waals surface area (Å²) >= 11 is 3.41. The zero-order chi connectivity index (χ0) is 15.7. The van der Waals surface area contributed by atoms with Crippen molar-refractivity contribution in [2.75, 3.05) is 6.54 Å². The fraction of sp³-hybridized carbons (Fsp3) is 0.471. The maximum atomic E-state index is 14.0. The van der Waals surface area contributed by atoms with E-state index < -0.39 is 0 Å². The zero-order valence-corrected chi connectivity index (χ0v) is 14.4. The molecule has 5 heteroatoms. The molecule has 0 N–H and O–H groups in total. The molecule has 0 saturated carbocycles. The van der Waals surface area contributed by atoms with Gasteiger partial charge in [-0.25, -0.2) is 4.39 Å². The lowest BCUT2D eigenvalue weighted by atomic mass is 10.1. The van der Waals surface area contributed by atoms with E-state index in [-0.39, 0.29) is 11.9 Å². The Balaban J connectivity index is 1.79. The average Bonchev–Trinajstić information content (AvgIpc) is 3.11. The van der Waals surface area contributed by atoms with E-state index in [0.29, 0.717) is 18.0 Å². The lowest BCUT2D eigenvalue weighted by Crippen LogP contribution is -2.23. The van der Waals surface area contributed by atoms with Crippen LogP contribution in [0.15, 0.2) is 33.3 Å². The minimum absolute atomic E-state index is 0.156. The molecular formula is C17H20BrFN2O. The average molecular weight is 367 g/mol. The van der Waals surface area contributed by atoms with E-state index in [4.69, 9.17) is 4.52 Å². The molecule has 1 saturated heterocycles. The SMILES string of the molecule is CC(C)c1cc(C2CCCN2Cc2cc(Br)ccc2F)no1. The molecule has 3 rings (SSSR count). The van der Waals surface area contributed by atoms with E-state index in [1.807, 2.05) is 12.1 Å². The Bertz CT molecular complexity index is 656. The van der Waals surface area contributed by atoms with E-state index in [9.17, 15) is 4.39 Å². The molecule has 0 radical (unpaired) electrons. The standard InChI is InChI=1S/C17H20BrFN2O/c1-11(2)17-9-15(20-22-17)16-4-3-7-21(16)10-12-8-13(18)5-6-14(12)19/h5-6,8-9,11,16H,3-4,7,10H2,1-2H3. The van der Waals surface area contributed by atoms with Gasteiger partial charge in [-0.05, 0) is 37.6 Å². The van der Waals surface area contributed by atoms with Crippen molar-refractivity contribution in [3.63, 3.8) is 0 Å². The zero-order valence-electron chi connectivity index (χ0n) is 12.9. The van der Waals surface area contributed by atoms with Gasteiger partial charge in [0.25, 0.3) is 0 Å². The molecule has 0 amide bonds. The third-order valence-electron chi connectivity index (χ3n) is 4.20. The van der Waals surface area contributed by atoms with Crippen molar-refractivity contribution in [3.8, 4) is 0 Å². The Morgan fingerprint density at radius 2 is 2.23 bits per heavy atom. The summed E-state index contributed by atoms with van der Waals surface area (Å²) in [5.74, 6) is 1.09. The molecule has 3 nitrogen and oxygen atoms in total. The first-order chi connectivity index (χ1) is 10.5. The van der Waals surface area contributed by atoms with Crippen LogP contribution in [0.5, 0.6) is 0 Å².